The second-order valence-electron chi connectivity index (χ2n) is 7.94. The van der Waals surface area contributed by atoms with Crippen molar-refractivity contribution in [2.75, 3.05) is 25.5 Å². The number of rotatable bonds is 4. The quantitative estimate of drug-likeness (QED) is 0.724. The molecule has 4 heteroatoms. The summed E-state index contributed by atoms with van der Waals surface area (Å²) in [6.07, 6.45) is 4.53. The summed E-state index contributed by atoms with van der Waals surface area (Å²) in [5.41, 5.74) is 5.45. The number of anilines is 1. The van der Waals surface area contributed by atoms with E-state index in [4.69, 9.17) is 4.74 Å². The SMILES string of the molecule is CCOc1ccc(N[C@H]2C[C@H]3c4cccc5[nH]cc(c45)C[C@H]3N(C)C2)cc1. The summed E-state index contributed by atoms with van der Waals surface area (Å²) in [6, 6.07) is 16.1. The van der Waals surface area contributed by atoms with Crippen LogP contribution >= 0.6 is 0 Å². The number of aromatic amines is 1. The van der Waals surface area contributed by atoms with Crippen LogP contribution in [-0.2, 0) is 6.42 Å². The topological polar surface area (TPSA) is 40.3 Å². The van der Waals surface area contributed by atoms with E-state index < -0.39 is 0 Å². The highest BCUT2D eigenvalue weighted by Gasteiger charge is 2.39. The highest BCUT2D eigenvalue weighted by molar-refractivity contribution is 5.88. The second-order valence-corrected chi connectivity index (χ2v) is 7.94. The van der Waals surface area contributed by atoms with E-state index in [1.807, 2.05) is 6.92 Å². The first-order valence-electron chi connectivity index (χ1n) is 10.0. The zero-order valence-electron chi connectivity index (χ0n) is 16.0. The van der Waals surface area contributed by atoms with E-state index in [0.29, 0.717) is 24.6 Å². The van der Waals surface area contributed by atoms with Crippen LogP contribution in [0.25, 0.3) is 10.9 Å². The molecule has 1 aromatic heterocycles. The highest BCUT2D eigenvalue weighted by Crippen LogP contribution is 2.43. The average molecular weight is 361 g/mol. The Labute approximate surface area is 160 Å². The van der Waals surface area contributed by atoms with Crippen LogP contribution in [0.1, 0.15) is 30.4 Å². The molecule has 4 nitrogen and oxygen atoms in total. The van der Waals surface area contributed by atoms with Crippen LogP contribution in [-0.4, -0.2) is 42.2 Å². The summed E-state index contributed by atoms with van der Waals surface area (Å²) in [7, 11) is 2.28. The van der Waals surface area contributed by atoms with E-state index in [0.717, 1.165) is 18.7 Å². The van der Waals surface area contributed by atoms with Crippen molar-refractivity contribution in [3.63, 3.8) is 0 Å². The van der Waals surface area contributed by atoms with Crippen molar-refractivity contribution in [1.29, 1.82) is 0 Å². The van der Waals surface area contributed by atoms with Gasteiger partial charge in [-0.05, 0) is 68.3 Å². The van der Waals surface area contributed by atoms with Gasteiger partial charge in [0, 0.05) is 47.3 Å². The van der Waals surface area contributed by atoms with E-state index in [1.54, 1.807) is 0 Å². The largest absolute Gasteiger partial charge is 0.494 e. The van der Waals surface area contributed by atoms with Crippen molar-refractivity contribution in [2.24, 2.45) is 0 Å². The molecule has 0 saturated carbocycles. The molecule has 27 heavy (non-hydrogen) atoms. The molecule has 3 atom stereocenters. The Morgan fingerprint density at radius 1 is 1.19 bits per heavy atom. The highest BCUT2D eigenvalue weighted by atomic mass is 16.5. The molecule has 2 N–H and O–H groups in total. The molecule has 140 valence electrons. The summed E-state index contributed by atoms with van der Waals surface area (Å²) >= 11 is 0. The summed E-state index contributed by atoms with van der Waals surface area (Å²) < 4.78 is 5.56. The van der Waals surface area contributed by atoms with Crippen molar-refractivity contribution in [3.8, 4) is 5.75 Å². The van der Waals surface area contributed by atoms with Gasteiger partial charge in [-0.25, -0.2) is 0 Å². The van der Waals surface area contributed by atoms with Gasteiger partial charge in [0.2, 0.25) is 0 Å². The fraction of sp³-hybridized carbons (Fsp3) is 0.391. The van der Waals surface area contributed by atoms with E-state index in [2.05, 4.69) is 70.9 Å². The Balaban J connectivity index is 1.39. The number of benzene rings is 2. The molecule has 2 heterocycles. The predicted octanol–water partition coefficient (Wildman–Crippen LogP) is 4.39. The Hall–Kier alpha value is -2.46. The number of likely N-dealkylation sites (N-methyl/N-ethyl adjacent to an activating group) is 1. The minimum atomic E-state index is 0.449. The molecule has 0 spiro atoms. The summed E-state index contributed by atoms with van der Waals surface area (Å²) in [5.74, 6) is 1.51. The standard InChI is InChI=1S/C23H27N3O/c1-3-27-18-9-7-16(8-10-18)25-17-12-20-19-5-4-6-21-23(19)15(13-24-21)11-22(20)26(2)14-17/h4-10,13,17,20,22,24-25H,3,11-12,14H2,1-2H3/t17-,20-,22+/m0/s1. The number of aromatic nitrogens is 1. The zero-order chi connectivity index (χ0) is 18.4. The maximum Gasteiger partial charge on any atom is 0.119 e. The number of hydrogen-bond donors (Lipinski definition) is 2. The number of hydrogen-bond acceptors (Lipinski definition) is 3. The summed E-state index contributed by atoms with van der Waals surface area (Å²) in [6.45, 7) is 3.79. The fourth-order valence-corrected chi connectivity index (χ4v) is 5.10. The molecule has 5 rings (SSSR count). The monoisotopic (exact) mass is 361 g/mol. The Morgan fingerprint density at radius 2 is 2.04 bits per heavy atom. The third kappa shape index (κ3) is 2.88. The lowest BCUT2D eigenvalue weighted by Gasteiger charge is -2.46. The van der Waals surface area contributed by atoms with Gasteiger partial charge in [0.15, 0.2) is 0 Å². The molecular formula is C23H27N3O. The number of nitrogens with zero attached hydrogens (tertiary/aromatic N) is 1. The number of fused-ring (bicyclic) bond motifs is 2. The van der Waals surface area contributed by atoms with Crippen molar-refractivity contribution in [3.05, 3.63) is 59.8 Å². The van der Waals surface area contributed by atoms with Crippen LogP contribution in [0.5, 0.6) is 5.75 Å². The van der Waals surface area contributed by atoms with Crippen molar-refractivity contribution >= 4 is 16.6 Å². The first-order chi connectivity index (χ1) is 13.2. The molecule has 1 saturated heterocycles. The maximum atomic E-state index is 5.56. The van der Waals surface area contributed by atoms with E-state index >= 15 is 0 Å². The van der Waals surface area contributed by atoms with Gasteiger partial charge in [-0.2, -0.15) is 0 Å². The van der Waals surface area contributed by atoms with Crippen LogP contribution < -0.4 is 10.1 Å². The van der Waals surface area contributed by atoms with E-state index in [-0.39, 0.29) is 0 Å². The van der Waals surface area contributed by atoms with Gasteiger partial charge in [-0.1, -0.05) is 12.1 Å². The molecule has 1 fully saturated rings. The molecule has 1 aliphatic carbocycles. The third-order valence-electron chi connectivity index (χ3n) is 6.26. The number of nitrogens with one attached hydrogen (secondary N) is 2. The minimum Gasteiger partial charge on any atom is -0.494 e. The first-order valence-corrected chi connectivity index (χ1v) is 10.0. The van der Waals surface area contributed by atoms with Crippen LogP contribution in [0.2, 0.25) is 0 Å². The second kappa shape index (κ2) is 6.61. The van der Waals surface area contributed by atoms with Gasteiger partial charge in [-0.15, -0.1) is 0 Å². The minimum absolute atomic E-state index is 0.449. The molecule has 0 amide bonds. The summed E-state index contributed by atoms with van der Waals surface area (Å²) in [4.78, 5) is 6.02. The summed E-state index contributed by atoms with van der Waals surface area (Å²) in [5, 5.41) is 5.22. The normalized spacial score (nSPS) is 24.6. The van der Waals surface area contributed by atoms with Crippen LogP contribution in [0.4, 0.5) is 5.69 Å². The van der Waals surface area contributed by atoms with Crippen molar-refractivity contribution < 1.29 is 4.74 Å². The molecule has 2 aliphatic rings. The number of H-pyrrole nitrogens is 1. The van der Waals surface area contributed by atoms with Crippen molar-refractivity contribution in [1.82, 2.24) is 9.88 Å². The molecule has 0 radical (unpaired) electrons. The lowest BCUT2D eigenvalue weighted by Crippen LogP contribution is -2.51. The predicted molar refractivity (Wildman–Crippen MR) is 111 cm³/mol. The first kappa shape index (κ1) is 16.7. The lowest BCUT2D eigenvalue weighted by molar-refractivity contribution is 0.147. The molecule has 1 aliphatic heterocycles. The zero-order valence-corrected chi connectivity index (χ0v) is 16.0. The number of piperidine rings is 1. The smallest absolute Gasteiger partial charge is 0.119 e. The van der Waals surface area contributed by atoms with Crippen LogP contribution in [0, 0.1) is 0 Å². The lowest BCUT2D eigenvalue weighted by atomic mass is 9.74. The molecular weight excluding hydrogens is 334 g/mol. The van der Waals surface area contributed by atoms with E-state index in [9.17, 15) is 0 Å². The van der Waals surface area contributed by atoms with E-state index in [1.165, 1.54) is 34.1 Å². The van der Waals surface area contributed by atoms with Gasteiger partial charge in [-0.3, -0.25) is 0 Å². The van der Waals surface area contributed by atoms with Gasteiger partial charge in [0.1, 0.15) is 5.75 Å². The molecule has 2 aromatic carbocycles. The molecule has 0 unspecified atom stereocenters. The Kier molecular flexibility index (Phi) is 4.09. The Morgan fingerprint density at radius 3 is 2.85 bits per heavy atom. The Bertz CT molecular complexity index is 946. The van der Waals surface area contributed by atoms with Gasteiger partial charge in [0.05, 0.1) is 6.61 Å². The van der Waals surface area contributed by atoms with Crippen molar-refractivity contribution in [2.45, 2.75) is 37.8 Å². The molecule has 0 bridgehead atoms. The van der Waals surface area contributed by atoms with Crippen LogP contribution in [0.15, 0.2) is 48.7 Å². The fourth-order valence-electron chi connectivity index (χ4n) is 5.10. The third-order valence-corrected chi connectivity index (χ3v) is 6.26. The number of ether oxygens (including phenoxy) is 1. The maximum absolute atomic E-state index is 5.56. The van der Waals surface area contributed by atoms with Gasteiger partial charge < -0.3 is 19.9 Å². The van der Waals surface area contributed by atoms with Crippen LogP contribution in [0.3, 0.4) is 0 Å². The number of likely N-dealkylation sites (tertiary alicyclic amines) is 1. The molecule has 3 aromatic rings. The van der Waals surface area contributed by atoms with Gasteiger partial charge in [0.25, 0.3) is 0 Å². The average Bonchev–Trinajstić information content (AvgIpc) is 3.09. The van der Waals surface area contributed by atoms with Gasteiger partial charge >= 0.3 is 0 Å².